The summed E-state index contributed by atoms with van der Waals surface area (Å²) in [6.45, 7) is 7.18. The lowest BCUT2D eigenvalue weighted by Crippen LogP contribution is -2.50. The summed E-state index contributed by atoms with van der Waals surface area (Å²) in [5.74, 6) is -0.0164. The zero-order valence-corrected chi connectivity index (χ0v) is 17.9. The molecule has 1 aliphatic rings. The Hall–Kier alpha value is -1.90. The minimum atomic E-state index is -3.84. The maximum atomic E-state index is 13.3. The summed E-state index contributed by atoms with van der Waals surface area (Å²) >= 11 is 0. The van der Waals surface area contributed by atoms with Crippen LogP contribution < -0.4 is 4.74 Å². The topological polar surface area (TPSA) is 87.2 Å². The molecule has 0 aromatic heterocycles. The summed E-state index contributed by atoms with van der Waals surface area (Å²) in [6, 6.07) is 4.40. The third-order valence-electron chi connectivity index (χ3n) is 5.04. The van der Waals surface area contributed by atoms with E-state index in [1.54, 1.807) is 37.1 Å². The SMILES string of the molecule is C/C=C/c1ccc2c(c1)O[C@H](CN(C)C(C)=O)[C@@H](C)CN([C@@H](C)CO)S2(=O)=O. The number of fused-ring (bicyclic) bond motifs is 1. The summed E-state index contributed by atoms with van der Waals surface area (Å²) in [7, 11) is -2.15. The summed E-state index contributed by atoms with van der Waals surface area (Å²) < 4.78 is 34.0. The number of carbonyl (C=O) groups excluding carboxylic acids is 1. The fourth-order valence-corrected chi connectivity index (χ4v) is 4.98. The van der Waals surface area contributed by atoms with Crippen molar-refractivity contribution in [1.82, 2.24) is 9.21 Å². The van der Waals surface area contributed by atoms with E-state index in [9.17, 15) is 18.3 Å². The number of aliphatic hydroxyl groups excluding tert-OH is 1. The summed E-state index contributed by atoms with van der Waals surface area (Å²) in [5, 5.41) is 9.61. The highest BCUT2D eigenvalue weighted by atomic mass is 32.2. The molecule has 1 heterocycles. The third-order valence-corrected chi connectivity index (χ3v) is 7.06. The molecule has 0 fully saturated rings. The highest BCUT2D eigenvalue weighted by Gasteiger charge is 2.38. The van der Waals surface area contributed by atoms with Gasteiger partial charge in [-0.05, 0) is 31.5 Å². The highest BCUT2D eigenvalue weighted by Crippen LogP contribution is 2.34. The molecule has 0 aliphatic carbocycles. The van der Waals surface area contributed by atoms with Crippen molar-refractivity contribution in [3.63, 3.8) is 0 Å². The lowest BCUT2D eigenvalue weighted by atomic mass is 10.0. The average Bonchev–Trinajstić information content (AvgIpc) is 2.64. The van der Waals surface area contributed by atoms with Crippen LogP contribution >= 0.6 is 0 Å². The molecule has 0 spiro atoms. The van der Waals surface area contributed by atoms with Crippen molar-refractivity contribution in [3.8, 4) is 5.75 Å². The average molecular weight is 411 g/mol. The first-order chi connectivity index (χ1) is 13.1. The second kappa shape index (κ2) is 9.07. The second-order valence-electron chi connectivity index (χ2n) is 7.35. The molecule has 1 aliphatic heterocycles. The molecule has 0 radical (unpaired) electrons. The van der Waals surface area contributed by atoms with E-state index >= 15 is 0 Å². The molecule has 0 unspecified atom stereocenters. The number of aliphatic hydroxyl groups is 1. The second-order valence-corrected chi connectivity index (χ2v) is 9.20. The Labute approximate surface area is 167 Å². The van der Waals surface area contributed by atoms with Crippen LogP contribution in [0.5, 0.6) is 5.75 Å². The predicted octanol–water partition coefficient (Wildman–Crippen LogP) is 1.97. The number of allylic oxidation sites excluding steroid dienone is 1. The summed E-state index contributed by atoms with van der Waals surface area (Å²) in [5.41, 5.74) is 0.824. The zero-order chi connectivity index (χ0) is 21.1. The number of benzene rings is 1. The number of likely N-dealkylation sites (N-methyl/N-ethyl adjacent to an activating group) is 1. The van der Waals surface area contributed by atoms with Gasteiger partial charge in [0, 0.05) is 32.5 Å². The van der Waals surface area contributed by atoms with Crippen LogP contribution in [0.15, 0.2) is 29.2 Å². The Kier molecular flexibility index (Phi) is 7.25. The summed E-state index contributed by atoms with van der Waals surface area (Å²) in [6.07, 6.45) is 3.34. The number of nitrogens with zero attached hydrogens (tertiary/aromatic N) is 2. The van der Waals surface area contributed by atoms with Crippen molar-refractivity contribution >= 4 is 22.0 Å². The van der Waals surface area contributed by atoms with Crippen molar-refractivity contribution in [1.29, 1.82) is 0 Å². The van der Waals surface area contributed by atoms with Gasteiger partial charge in [-0.1, -0.05) is 25.1 Å². The van der Waals surface area contributed by atoms with Gasteiger partial charge in [-0.2, -0.15) is 4.31 Å². The van der Waals surface area contributed by atoms with E-state index in [2.05, 4.69) is 0 Å². The van der Waals surface area contributed by atoms with Gasteiger partial charge in [0.25, 0.3) is 0 Å². The molecular weight excluding hydrogens is 380 g/mol. The molecule has 8 heteroatoms. The lowest BCUT2D eigenvalue weighted by Gasteiger charge is -2.37. The van der Waals surface area contributed by atoms with Gasteiger partial charge in [-0.25, -0.2) is 8.42 Å². The van der Waals surface area contributed by atoms with Gasteiger partial charge in [-0.3, -0.25) is 4.79 Å². The van der Waals surface area contributed by atoms with Gasteiger partial charge >= 0.3 is 0 Å². The fraction of sp³-hybridized carbons (Fsp3) is 0.550. The molecular formula is C20H30N2O5S. The van der Waals surface area contributed by atoms with E-state index in [4.69, 9.17) is 4.74 Å². The number of amides is 1. The quantitative estimate of drug-likeness (QED) is 0.802. The van der Waals surface area contributed by atoms with E-state index in [1.807, 2.05) is 26.0 Å². The standard InChI is InChI=1S/C20H30N2O5S/c1-6-7-17-8-9-20-18(10-17)27-19(12-21(5)16(4)24)14(2)11-22(15(3)13-23)28(20,25)26/h6-10,14-15,19,23H,11-13H2,1-5H3/b7-6+/t14-,15-,19+/m0/s1. The fourth-order valence-electron chi connectivity index (χ4n) is 3.15. The largest absolute Gasteiger partial charge is 0.487 e. The lowest BCUT2D eigenvalue weighted by molar-refractivity contribution is -0.129. The van der Waals surface area contributed by atoms with Crippen molar-refractivity contribution in [2.24, 2.45) is 5.92 Å². The van der Waals surface area contributed by atoms with Crippen LogP contribution in [0.2, 0.25) is 0 Å². The third kappa shape index (κ3) is 4.74. The van der Waals surface area contributed by atoms with Crippen molar-refractivity contribution in [2.45, 2.75) is 44.7 Å². The molecule has 1 N–H and O–H groups in total. The molecule has 28 heavy (non-hydrogen) atoms. The summed E-state index contributed by atoms with van der Waals surface area (Å²) in [4.78, 5) is 13.3. The molecule has 0 saturated heterocycles. The molecule has 1 amide bonds. The van der Waals surface area contributed by atoms with Crippen LogP contribution in [0.3, 0.4) is 0 Å². The van der Waals surface area contributed by atoms with Crippen LogP contribution in [0.4, 0.5) is 0 Å². The minimum Gasteiger partial charge on any atom is -0.487 e. The van der Waals surface area contributed by atoms with Gasteiger partial charge in [0.15, 0.2) is 0 Å². The molecule has 156 valence electrons. The van der Waals surface area contributed by atoms with Gasteiger partial charge in [0.05, 0.1) is 13.2 Å². The molecule has 1 aromatic rings. The van der Waals surface area contributed by atoms with E-state index in [1.165, 1.54) is 11.2 Å². The number of sulfonamides is 1. The number of hydrogen-bond donors (Lipinski definition) is 1. The van der Waals surface area contributed by atoms with E-state index in [-0.39, 0.29) is 35.6 Å². The first kappa shape index (κ1) is 22.4. The van der Waals surface area contributed by atoms with E-state index < -0.39 is 22.2 Å². The number of hydrogen-bond acceptors (Lipinski definition) is 5. The number of ether oxygens (including phenoxy) is 1. The minimum absolute atomic E-state index is 0.0726. The van der Waals surface area contributed by atoms with Crippen molar-refractivity contribution in [2.75, 3.05) is 26.7 Å². The van der Waals surface area contributed by atoms with Gasteiger partial charge in [0.1, 0.15) is 16.7 Å². The van der Waals surface area contributed by atoms with Crippen molar-refractivity contribution in [3.05, 3.63) is 29.8 Å². The molecule has 0 bridgehead atoms. The Morgan fingerprint density at radius 3 is 2.71 bits per heavy atom. The molecule has 0 saturated carbocycles. The van der Waals surface area contributed by atoms with Crippen molar-refractivity contribution < 1.29 is 23.1 Å². The molecule has 2 rings (SSSR count). The predicted molar refractivity (Wildman–Crippen MR) is 108 cm³/mol. The zero-order valence-electron chi connectivity index (χ0n) is 17.1. The van der Waals surface area contributed by atoms with Crippen LogP contribution in [-0.2, 0) is 14.8 Å². The Morgan fingerprint density at radius 2 is 2.14 bits per heavy atom. The van der Waals surface area contributed by atoms with Gasteiger partial charge < -0.3 is 14.7 Å². The first-order valence-electron chi connectivity index (χ1n) is 9.39. The van der Waals surface area contributed by atoms with E-state index in [0.717, 1.165) is 5.56 Å². The smallest absolute Gasteiger partial charge is 0.247 e. The molecule has 1 aromatic carbocycles. The monoisotopic (exact) mass is 410 g/mol. The van der Waals surface area contributed by atoms with E-state index in [0.29, 0.717) is 6.54 Å². The number of carbonyl (C=O) groups is 1. The van der Waals surface area contributed by atoms with Gasteiger partial charge in [0.2, 0.25) is 15.9 Å². The maximum Gasteiger partial charge on any atom is 0.247 e. The Balaban J connectivity index is 2.59. The maximum absolute atomic E-state index is 13.3. The Morgan fingerprint density at radius 1 is 1.46 bits per heavy atom. The number of rotatable bonds is 5. The van der Waals surface area contributed by atoms with Crippen LogP contribution in [0, 0.1) is 5.92 Å². The van der Waals surface area contributed by atoms with Gasteiger partial charge in [-0.15, -0.1) is 0 Å². The molecule has 3 atom stereocenters. The normalized spacial score (nSPS) is 23.4. The highest BCUT2D eigenvalue weighted by molar-refractivity contribution is 7.89. The van der Waals surface area contributed by atoms with Crippen LogP contribution in [-0.4, -0.2) is 67.5 Å². The van der Waals surface area contributed by atoms with Crippen LogP contribution in [0.25, 0.3) is 6.08 Å². The van der Waals surface area contributed by atoms with Crippen LogP contribution in [0.1, 0.15) is 33.3 Å². The molecule has 7 nitrogen and oxygen atoms in total. The Bertz CT molecular complexity index is 837. The first-order valence-corrected chi connectivity index (χ1v) is 10.8.